The molecule has 1 unspecified atom stereocenters. The minimum Gasteiger partial charge on any atom is -0.378 e. The summed E-state index contributed by atoms with van der Waals surface area (Å²) in [5.41, 5.74) is 1.09. The van der Waals surface area contributed by atoms with Crippen molar-refractivity contribution >= 4 is 17.6 Å². The Bertz CT molecular complexity index is 453. The molecule has 3 heterocycles. The lowest BCUT2D eigenvalue weighted by atomic mass is 10.1. The molecule has 1 N–H and O–H groups in total. The highest BCUT2D eigenvalue weighted by molar-refractivity contribution is 8.08. The van der Waals surface area contributed by atoms with Gasteiger partial charge in [-0.3, -0.25) is 0 Å². The van der Waals surface area contributed by atoms with Crippen LogP contribution in [0.2, 0.25) is 0 Å². The van der Waals surface area contributed by atoms with Gasteiger partial charge in [-0.25, -0.2) is 9.97 Å². The van der Waals surface area contributed by atoms with E-state index in [-0.39, 0.29) is 0 Å². The smallest absolute Gasteiger partial charge is 0.132 e. The van der Waals surface area contributed by atoms with E-state index in [9.17, 15) is 5.11 Å². The Morgan fingerprint density at radius 3 is 3.12 bits per heavy atom. The maximum absolute atomic E-state index is 9.97. The summed E-state index contributed by atoms with van der Waals surface area (Å²) < 4.78 is 0. The molecule has 0 spiro atoms. The van der Waals surface area contributed by atoms with E-state index in [1.807, 2.05) is 6.92 Å². The predicted molar refractivity (Wildman–Crippen MR) is 69.3 cm³/mol. The predicted octanol–water partition coefficient (Wildman–Crippen LogP) is 1.36. The molecule has 2 saturated heterocycles. The highest BCUT2D eigenvalue weighted by Crippen LogP contribution is 2.56. The highest BCUT2D eigenvalue weighted by Gasteiger charge is 2.57. The first-order chi connectivity index (χ1) is 8.10. The lowest BCUT2D eigenvalue weighted by Gasteiger charge is -2.29. The molecular weight excluding hydrogens is 234 g/mol. The molecule has 2 atom stereocenters. The van der Waals surface area contributed by atoms with Crippen LogP contribution in [-0.2, 0) is 6.42 Å². The molecule has 0 amide bonds. The summed E-state index contributed by atoms with van der Waals surface area (Å²) in [6, 6.07) is 2.07. The second kappa shape index (κ2) is 3.85. The minimum atomic E-state index is -0.424. The van der Waals surface area contributed by atoms with Crippen molar-refractivity contribution in [1.29, 1.82) is 0 Å². The number of thioether (sulfide) groups is 1. The van der Waals surface area contributed by atoms with Crippen molar-refractivity contribution in [2.24, 2.45) is 0 Å². The molecule has 0 saturated carbocycles. The molecular formula is C12H17N3OS. The van der Waals surface area contributed by atoms with Gasteiger partial charge in [-0.15, -0.1) is 11.8 Å². The van der Waals surface area contributed by atoms with Crippen LogP contribution in [0.15, 0.2) is 6.07 Å². The van der Waals surface area contributed by atoms with Gasteiger partial charge in [0.1, 0.15) is 16.6 Å². The van der Waals surface area contributed by atoms with Crippen molar-refractivity contribution in [2.75, 3.05) is 18.0 Å². The maximum Gasteiger partial charge on any atom is 0.132 e. The number of fused-ring (bicyclic) bond motifs is 1. The van der Waals surface area contributed by atoms with Crippen molar-refractivity contribution in [2.45, 2.75) is 36.9 Å². The van der Waals surface area contributed by atoms with E-state index < -0.39 is 4.93 Å². The second-order valence-corrected chi connectivity index (χ2v) is 6.28. The first-order valence-corrected chi connectivity index (χ1v) is 6.98. The normalized spacial score (nSPS) is 31.2. The molecule has 1 aromatic rings. The molecule has 92 valence electrons. The van der Waals surface area contributed by atoms with Crippen molar-refractivity contribution < 1.29 is 5.11 Å². The third-order valence-corrected chi connectivity index (χ3v) is 4.95. The van der Waals surface area contributed by atoms with Crippen LogP contribution in [0.1, 0.15) is 24.9 Å². The molecule has 0 radical (unpaired) electrons. The molecule has 2 fully saturated rings. The third-order valence-electron chi connectivity index (χ3n) is 3.48. The molecule has 0 bridgehead atoms. The van der Waals surface area contributed by atoms with Crippen molar-refractivity contribution in [3.63, 3.8) is 0 Å². The molecule has 1 aromatic heterocycles. The molecule has 3 rings (SSSR count). The monoisotopic (exact) mass is 251 g/mol. The lowest BCUT2D eigenvalue weighted by Crippen LogP contribution is -2.40. The standard InChI is InChI=1S/C12H17N3OS/c1-3-9-6-11(14-8(2)13-9)15-5-4-12(16)10(7-15)17-12/h6,10,16H,3-5,7H2,1-2H3/t10?,12-/m1/s1. The van der Waals surface area contributed by atoms with Gasteiger partial charge in [0.25, 0.3) is 0 Å². The topological polar surface area (TPSA) is 49.2 Å². The minimum absolute atomic E-state index is 0.372. The Labute approximate surface area is 105 Å². The van der Waals surface area contributed by atoms with E-state index in [1.165, 1.54) is 0 Å². The number of rotatable bonds is 2. The van der Waals surface area contributed by atoms with Crippen molar-refractivity contribution in [1.82, 2.24) is 9.97 Å². The number of aryl methyl sites for hydroxylation is 2. The van der Waals surface area contributed by atoms with E-state index in [0.29, 0.717) is 5.25 Å². The average molecular weight is 251 g/mol. The van der Waals surface area contributed by atoms with Crippen LogP contribution in [0.5, 0.6) is 0 Å². The van der Waals surface area contributed by atoms with Gasteiger partial charge in [-0.2, -0.15) is 0 Å². The summed E-state index contributed by atoms with van der Waals surface area (Å²) in [6.45, 7) is 5.84. The summed E-state index contributed by atoms with van der Waals surface area (Å²) in [5.74, 6) is 1.85. The van der Waals surface area contributed by atoms with Crippen molar-refractivity contribution in [3.05, 3.63) is 17.6 Å². The molecule has 2 aliphatic heterocycles. The Balaban J connectivity index is 1.82. The summed E-state index contributed by atoms with van der Waals surface area (Å²) >= 11 is 1.68. The Hall–Kier alpha value is -0.810. The number of aromatic nitrogens is 2. The van der Waals surface area contributed by atoms with Gasteiger partial charge in [-0.1, -0.05) is 6.92 Å². The number of piperidine rings is 1. The van der Waals surface area contributed by atoms with Crippen LogP contribution >= 0.6 is 11.8 Å². The van der Waals surface area contributed by atoms with Gasteiger partial charge in [0.15, 0.2) is 0 Å². The molecule has 4 nitrogen and oxygen atoms in total. The lowest BCUT2D eigenvalue weighted by molar-refractivity contribution is 0.152. The maximum atomic E-state index is 9.97. The fourth-order valence-corrected chi connectivity index (χ4v) is 3.44. The van der Waals surface area contributed by atoms with E-state index in [1.54, 1.807) is 11.8 Å². The van der Waals surface area contributed by atoms with Crippen LogP contribution in [0.25, 0.3) is 0 Å². The summed E-state index contributed by atoms with van der Waals surface area (Å²) in [4.78, 5) is 10.7. The Morgan fingerprint density at radius 2 is 2.41 bits per heavy atom. The number of hydrogen-bond donors (Lipinski definition) is 1. The fraction of sp³-hybridized carbons (Fsp3) is 0.667. The van der Waals surface area contributed by atoms with Crippen LogP contribution in [0.3, 0.4) is 0 Å². The Kier molecular flexibility index (Phi) is 2.56. The van der Waals surface area contributed by atoms with Gasteiger partial charge < -0.3 is 10.0 Å². The molecule has 5 heteroatoms. The number of hydrogen-bond acceptors (Lipinski definition) is 5. The molecule has 17 heavy (non-hydrogen) atoms. The fourth-order valence-electron chi connectivity index (χ4n) is 2.36. The summed E-state index contributed by atoms with van der Waals surface area (Å²) in [6.07, 6.45) is 1.78. The average Bonchev–Trinajstić information content (AvgIpc) is 2.98. The zero-order valence-electron chi connectivity index (χ0n) is 10.2. The van der Waals surface area contributed by atoms with E-state index >= 15 is 0 Å². The molecule has 2 aliphatic rings. The van der Waals surface area contributed by atoms with E-state index in [0.717, 1.165) is 43.3 Å². The van der Waals surface area contributed by atoms with Gasteiger partial charge in [0, 0.05) is 31.3 Å². The number of aliphatic hydroxyl groups is 1. The second-order valence-electron chi connectivity index (χ2n) is 4.77. The zero-order valence-corrected chi connectivity index (χ0v) is 11.0. The zero-order chi connectivity index (χ0) is 12.0. The highest BCUT2D eigenvalue weighted by atomic mass is 32.2. The number of anilines is 1. The van der Waals surface area contributed by atoms with Crippen LogP contribution in [0.4, 0.5) is 5.82 Å². The SMILES string of the molecule is CCc1cc(N2CC[C@@]3(O)SC3C2)nc(C)n1. The van der Waals surface area contributed by atoms with Gasteiger partial charge in [-0.05, 0) is 13.3 Å². The van der Waals surface area contributed by atoms with E-state index in [4.69, 9.17) is 0 Å². The van der Waals surface area contributed by atoms with Crippen molar-refractivity contribution in [3.8, 4) is 0 Å². The van der Waals surface area contributed by atoms with Crippen LogP contribution < -0.4 is 4.90 Å². The van der Waals surface area contributed by atoms with Crippen LogP contribution in [-0.4, -0.2) is 38.3 Å². The summed E-state index contributed by atoms with van der Waals surface area (Å²) in [7, 11) is 0. The van der Waals surface area contributed by atoms with Gasteiger partial charge in [0.05, 0.1) is 5.25 Å². The van der Waals surface area contributed by atoms with E-state index in [2.05, 4.69) is 27.9 Å². The molecule has 0 aromatic carbocycles. The third kappa shape index (κ3) is 2.02. The first kappa shape index (κ1) is 11.3. The molecule has 0 aliphatic carbocycles. The Morgan fingerprint density at radius 1 is 1.59 bits per heavy atom. The summed E-state index contributed by atoms with van der Waals surface area (Å²) in [5, 5.41) is 10.3. The first-order valence-electron chi connectivity index (χ1n) is 6.10. The largest absolute Gasteiger partial charge is 0.378 e. The van der Waals surface area contributed by atoms with Gasteiger partial charge >= 0.3 is 0 Å². The van der Waals surface area contributed by atoms with Gasteiger partial charge in [0.2, 0.25) is 0 Å². The van der Waals surface area contributed by atoms with Crippen LogP contribution in [0, 0.1) is 6.92 Å². The quantitative estimate of drug-likeness (QED) is 0.804. The number of nitrogens with zero attached hydrogens (tertiary/aromatic N) is 3.